The Morgan fingerprint density at radius 3 is 1.37 bits per heavy atom. The molecule has 0 aliphatic carbocycles. The summed E-state index contributed by atoms with van der Waals surface area (Å²) < 4.78 is 0. The fraction of sp³-hybridized carbons (Fsp3) is 0.0408. The molecule has 0 amide bonds. The van der Waals surface area contributed by atoms with Crippen molar-refractivity contribution < 1.29 is 0 Å². The molecule has 0 saturated carbocycles. The molecular weight excluding hydrogens is 631 g/mol. The Balaban J connectivity index is 0.00000177. The Bertz CT molecular complexity index is 2860. The second kappa shape index (κ2) is 13.2. The molecule has 0 radical (unpaired) electrons. The van der Waals surface area contributed by atoms with Crippen molar-refractivity contribution in [3.63, 3.8) is 0 Å². The molecule has 0 unspecified atom stereocenters. The monoisotopic (exact) mass is 665 g/mol. The summed E-state index contributed by atoms with van der Waals surface area (Å²) in [4.78, 5) is 15.5. The van der Waals surface area contributed by atoms with Gasteiger partial charge in [-0.05, 0) is 71.1 Å². The number of benzene rings is 9. The van der Waals surface area contributed by atoms with Crippen LogP contribution in [0.3, 0.4) is 0 Å². The Labute approximate surface area is 302 Å². The number of nitrogens with zero attached hydrogens (tertiary/aromatic N) is 3. The fourth-order valence-electron chi connectivity index (χ4n) is 7.57. The number of rotatable bonds is 4. The van der Waals surface area contributed by atoms with Crippen LogP contribution in [0, 0.1) is 0 Å². The van der Waals surface area contributed by atoms with E-state index in [1.165, 1.54) is 48.8 Å². The van der Waals surface area contributed by atoms with Crippen LogP contribution in [0.4, 0.5) is 0 Å². The number of hydrogen-bond acceptors (Lipinski definition) is 3. The molecule has 0 aliphatic rings. The quantitative estimate of drug-likeness (QED) is 0.139. The van der Waals surface area contributed by atoms with Gasteiger partial charge >= 0.3 is 0 Å². The SMILES string of the molecule is CC.c1ccc(-c2nc(-c3ccccc3)nc(-c3c4ccccc4c(-c4ccc5ccc6ccccc6c5c4)c4c3ccc3ccccc34)n2)cc1. The van der Waals surface area contributed by atoms with E-state index >= 15 is 0 Å². The zero-order valence-corrected chi connectivity index (χ0v) is 29.1. The minimum Gasteiger partial charge on any atom is -0.208 e. The first-order valence-corrected chi connectivity index (χ1v) is 18.0. The van der Waals surface area contributed by atoms with E-state index in [1.54, 1.807) is 0 Å². The van der Waals surface area contributed by atoms with Gasteiger partial charge in [-0.25, -0.2) is 15.0 Å². The summed E-state index contributed by atoms with van der Waals surface area (Å²) in [6.45, 7) is 4.00. The zero-order valence-electron chi connectivity index (χ0n) is 29.1. The molecule has 10 rings (SSSR count). The van der Waals surface area contributed by atoms with E-state index in [2.05, 4.69) is 140 Å². The minimum atomic E-state index is 0.651. The normalized spacial score (nSPS) is 11.3. The summed E-state index contributed by atoms with van der Waals surface area (Å²) >= 11 is 0. The lowest BCUT2D eigenvalue weighted by Crippen LogP contribution is -2.01. The van der Waals surface area contributed by atoms with Crippen molar-refractivity contribution in [3.8, 4) is 45.3 Å². The molecule has 3 heteroatoms. The van der Waals surface area contributed by atoms with Crippen LogP contribution in [-0.4, -0.2) is 15.0 Å². The van der Waals surface area contributed by atoms with Crippen molar-refractivity contribution in [1.29, 1.82) is 0 Å². The third-order valence-corrected chi connectivity index (χ3v) is 9.87. The maximum absolute atomic E-state index is 5.24. The van der Waals surface area contributed by atoms with Crippen molar-refractivity contribution in [2.24, 2.45) is 0 Å². The fourth-order valence-corrected chi connectivity index (χ4v) is 7.57. The highest BCUT2D eigenvalue weighted by Gasteiger charge is 2.22. The Kier molecular flexibility index (Phi) is 7.94. The van der Waals surface area contributed by atoms with E-state index in [-0.39, 0.29) is 0 Å². The van der Waals surface area contributed by atoms with Gasteiger partial charge in [-0.15, -0.1) is 0 Å². The first kappa shape index (κ1) is 31.3. The van der Waals surface area contributed by atoms with Gasteiger partial charge in [-0.3, -0.25) is 0 Å². The molecule has 1 aromatic heterocycles. The molecule has 10 aromatic rings. The molecule has 52 heavy (non-hydrogen) atoms. The molecule has 0 N–H and O–H groups in total. The van der Waals surface area contributed by atoms with Crippen LogP contribution in [0.15, 0.2) is 176 Å². The largest absolute Gasteiger partial charge is 0.208 e. The van der Waals surface area contributed by atoms with Gasteiger partial charge in [0.1, 0.15) is 0 Å². The van der Waals surface area contributed by atoms with E-state index < -0.39 is 0 Å². The molecule has 0 bridgehead atoms. The highest BCUT2D eigenvalue weighted by Crippen LogP contribution is 2.46. The number of aromatic nitrogens is 3. The van der Waals surface area contributed by atoms with Crippen LogP contribution in [0.5, 0.6) is 0 Å². The van der Waals surface area contributed by atoms with E-state index in [4.69, 9.17) is 15.0 Å². The molecule has 0 fully saturated rings. The van der Waals surface area contributed by atoms with E-state index in [9.17, 15) is 0 Å². The molecule has 3 nitrogen and oxygen atoms in total. The number of fused-ring (bicyclic) bond motifs is 7. The molecule has 1 heterocycles. The first-order chi connectivity index (χ1) is 25.8. The maximum atomic E-state index is 5.24. The summed E-state index contributed by atoms with van der Waals surface area (Å²) in [6.07, 6.45) is 0. The molecular formula is C49H35N3. The van der Waals surface area contributed by atoms with Crippen LogP contribution in [0.25, 0.3) is 99.2 Å². The molecule has 0 aliphatic heterocycles. The summed E-state index contributed by atoms with van der Waals surface area (Å²) in [5, 5.41) is 11.9. The second-order valence-corrected chi connectivity index (χ2v) is 12.8. The molecule has 0 spiro atoms. The average molecular weight is 666 g/mol. The third kappa shape index (κ3) is 5.26. The van der Waals surface area contributed by atoms with Gasteiger partial charge in [0.25, 0.3) is 0 Å². The van der Waals surface area contributed by atoms with Crippen LogP contribution >= 0.6 is 0 Å². The van der Waals surface area contributed by atoms with Gasteiger partial charge in [0, 0.05) is 16.7 Å². The van der Waals surface area contributed by atoms with Crippen molar-refractivity contribution in [2.75, 3.05) is 0 Å². The first-order valence-electron chi connectivity index (χ1n) is 18.0. The van der Waals surface area contributed by atoms with Gasteiger partial charge < -0.3 is 0 Å². The molecule has 9 aromatic carbocycles. The predicted octanol–water partition coefficient (Wildman–Crippen LogP) is 13.3. The van der Waals surface area contributed by atoms with Gasteiger partial charge in [-0.1, -0.05) is 184 Å². The standard InChI is InChI=1S/C47H29N3.C2H6/c1-3-15-33(16-4-1)45-48-46(34-17-5-2-6-18-34)50-47(49-45)44-39-22-12-11-21-38(39)42(43-37-20-10-8-14-31(37)27-28-40(43)44)35-26-25-32-24-23-30-13-7-9-19-36(30)41(32)29-35;1-2/h1-29H;1-2H3. The van der Waals surface area contributed by atoms with Crippen LogP contribution in [0.2, 0.25) is 0 Å². The molecule has 246 valence electrons. The van der Waals surface area contributed by atoms with Gasteiger partial charge in [0.15, 0.2) is 17.5 Å². The lowest BCUT2D eigenvalue weighted by molar-refractivity contribution is 1.08. The lowest BCUT2D eigenvalue weighted by atomic mass is 9.85. The topological polar surface area (TPSA) is 38.7 Å². The summed E-state index contributed by atoms with van der Waals surface area (Å²) in [7, 11) is 0. The minimum absolute atomic E-state index is 0.651. The molecule has 0 atom stereocenters. The maximum Gasteiger partial charge on any atom is 0.165 e. The van der Waals surface area contributed by atoms with Crippen LogP contribution in [0.1, 0.15) is 13.8 Å². The highest BCUT2D eigenvalue weighted by atomic mass is 15.0. The van der Waals surface area contributed by atoms with Crippen molar-refractivity contribution >= 4 is 53.9 Å². The summed E-state index contributed by atoms with van der Waals surface area (Å²) in [5.41, 5.74) is 5.31. The van der Waals surface area contributed by atoms with E-state index in [0.717, 1.165) is 32.8 Å². The van der Waals surface area contributed by atoms with Crippen molar-refractivity contribution in [2.45, 2.75) is 13.8 Å². The number of hydrogen-bond donors (Lipinski definition) is 0. The van der Waals surface area contributed by atoms with E-state index in [0.29, 0.717) is 17.5 Å². The van der Waals surface area contributed by atoms with Crippen LogP contribution < -0.4 is 0 Å². The van der Waals surface area contributed by atoms with Crippen molar-refractivity contribution in [1.82, 2.24) is 15.0 Å². The van der Waals surface area contributed by atoms with Crippen LogP contribution in [-0.2, 0) is 0 Å². The smallest absolute Gasteiger partial charge is 0.165 e. The van der Waals surface area contributed by atoms with Gasteiger partial charge in [-0.2, -0.15) is 0 Å². The Hall–Kier alpha value is -6.71. The van der Waals surface area contributed by atoms with Crippen molar-refractivity contribution in [3.05, 3.63) is 176 Å². The van der Waals surface area contributed by atoms with Gasteiger partial charge in [0.2, 0.25) is 0 Å². The third-order valence-electron chi connectivity index (χ3n) is 9.87. The molecule has 0 saturated heterocycles. The Morgan fingerprint density at radius 1 is 0.288 bits per heavy atom. The van der Waals surface area contributed by atoms with E-state index in [1.807, 2.05) is 50.2 Å². The lowest BCUT2D eigenvalue weighted by Gasteiger charge is -2.19. The Morgan fingerprint density at radius 2 is 0.731 bits per heavy atom. The summed E-state index contributed by atoms with van der Waals surface area (Å²) in [5.74, 6) is 1.96. The summed E-state index contributed by atoms with van der Waals surface area (Å²) in [6, 6.07) is 62.3. The average Bonchev–Trinajstić information content (AvgIpc) is 3.23. The second-order valence-electron chi connectivity index (χ2n) is 12.8. The van der Waals surface area contributed by atoms with Gasteiger partial charge in [0.05, 0.1) is 0 Å². The zero-order chi connectivity index (χ0) is 35.0. The predicted molar refractivity (Wildman–Crippen MR) is 220 cm³/mol. The highest BCUT2D eigenvalue weighted by molar-refractivity contribution is 6.28.